The number of aliphatic hydroxyl groups excluding tert-OH is 2. The number of allylic oxidation sites excluding steroid dienone is 1. The van der Waals surface area contributed by atoms with Gasteiger partial charge in [0.15, 0.2) is 0 Å². The molecule has 2 heteroatoms. The van der Waals surface area contributed by atoms with Crippen LogP contribution in [0.25, 0.3) is 0 Å². The summed E-state index contributed by atoms with van der Waals surface area (Å²) < 4.78 is 0. The van der Waals surface area contributed by atoms with Crippen LogP contribution in [0.15, 0.2) is 11.6 Å². The Bertz CT molecular complexity index is 645. The summed E-state index contributed by atoms with van der Waals surface area (Å²) in [6, 6.07) is 0. The predicted molar refractivity (Wildman–Crippen MR) is 141 cm³/mol. The number of hydrogen-bond acceptors (Lipinski definition) is 2. The minimum atomic E-state index is -0.0766. The van der Waals surface area contributed by atoms with Gasteiger partial charge in [-0.2, -0.15) is 0 Å². The molecule has 2 N–H and O–H groups in total. The summed E-state index contributed by atoms with van der Waals surface area (Å²) in [6.45, 7) is 12.6. The molecule has 32 heavy (non-hydrogen) atoms. The van der Waals surface area contributed by atoms with Gasteiger partial charge in [-0.3, -0.25) is 0 Å². The summed E-state index contributed by atoms with van der Waals surface area (Å²) >= 11 is 0. The molecular weight excluding hydrogens is 392 g/mol. The Labute approximate surface area is 202 Å². The lowest BCUT2D eigenvalue weighted by Gasteiger charge is -2.58. The van der Waals surface area contributed by atoms with Crippen molar-refractivity contribution in [2.24, 2.45) is 46.3 Å². The average Bonchev–Trinajstić information content (AvgIpc) is 3.14. The standard InChI is InChI=1S/C27H46O.C2H2.CH4O.2H2/c1-18(2)7-6-8-19(3)23-11-12-24-22-10-9-20-17-21(28)13-15-26(20,4)25(22)14-16-27(23,24)5;2*1-2;;/h9,18-19,21-25,28H,6-8,10-17H2,1-5H3;1-2H;2H,1H3;2*1H/t19-,21+,22+,23?,24?,25?,26+,27-;;;;/m1..../s1. The molecule has 0 aromatic carbocycles. The van der Waals surface area contributed by atoms with Crippen LogP contribution in [-0.2, 0) is 0 Å². The summed E-state index contributed by atoms with van der Waals surface area (Å²) in [5.74, 6) is 5.46. The minimum Gasteiger partial charge on any atom is -0.400 e. The van der Waals surface area contributed by atoms with Crippen molar-refractivity contribution in [2.75, 3.05) is 7.11 Å². The summed E-state index contributed by atoms with van der Waals surface area (Å²) in [7, 11) is 1.00. The molecule has 0 amide bonds. The smallest absolute Gasteiger partial charge is 0.0577 e. The molecule has 8 atom stereocenters. The fraction of sp³-hybridized carbons (Fsp3) is 0.867. The second kappa shape index (κ2) is 11.6. The van der Waals surface area contributed by atoms with Gasteiger partial charge >= 0.3 is 0 Å². The highest BCUT2D eigenvalue weighted by atomic mass is 16.3. The van der Waals surface area contributed by atoms with Crippen molar-refractivity contribution in [3.05, 3.63) is 11.6 Å². The third kappa shape index (κ3) is 5.15. The lowest BCUT2D eigenvalue weighted by Crippen LogP contribution is -2.50. The summed E-state index contributed by atoms with van der Waals surface area (Å²) in [5.41, 5.74) is 2.60. The molecule has 3 fully saturated rings. The molecule has 3 saturated carbocycles. The third-order valence-electron chi connectivity index (χ3n) is 10.3. The van der Waals surface area contributed by atoms with E-state index in [1.807, 2.05) is 0 Å². The molecule has 0 aromatic heterocycles. The Morgan fingerprint density at radius 3 is 2.34 bits per heavy atom. The van der Waals surface area contributed by atoms with Crippen LogP contribution in [0.5, 0.6) is 0 Å². The number of terminal acetylenes is 1. The molecule has 0 saturated heterocycles. The van der Waals surface area contributed by atoms with Crippen LogP contribution in [0.4, 0.5) is 0 Å². The van der Waals surface area contributed by atoms with Crippen LogP contribution < -0.4 is 0 Å². The van der Waals surface area contributed by atoms with E-state index in [9.17, 15) is 5.11 Å². The van der Waals surface area contributed by atoms with E-state index in [1.54, 1.807) is 5.57 Å². The van der Waals surface area contributed by atoms with E-state index in [0.29, 0.717) is 10.8 Å². The fourth-order valence-electron chi connectivity index (χ4n) is 8.67. The second-order valence-electron chi connectivity index (χ2n) is 12.2. The molecule has 0 spiro atoms. The van der Waals surface area contributed by atoms with Crippen molar-refractivity contribution in [3.63, 3.8) is 0 Å². The molecule has 0 bridgehead atoms. The predicted octanol–water partition coefficient (Wildman–Crippen LogP) is 7.74. The van der Waals surface area contributed by atoms with Gasteiger partial charge < -0.3 is 10.2 Å². The van der Waals surface area contributed by atoms with E-state index in [4.69, 9.17) is 5.11 Å². The Hall–Kier alpha value is -0.780. The summed E-state index contributed by atoms with van der Waals surface area (Å²) in [4.78, 5) is 0. The maximum absolute atomic E-state index is 10.2. The van der Waals surface area contributed by atoms with E-state index < -0.39 is 0 Å². The summed E-state index contributed by atoms with van der Waals surface area (Å²) in [5, 5.41) is 17.2. The van der Waals surface area contributed by atoms with Crippen LogP contribution in [-0.4, -0.2) is 23.4 Å². The first kappa shape index (κ1) is 27.5. The minimum absolute atomic E-state index is 0. The quantitative estimate of drug-likeness (QED) is 0.333. The van der Waals surface area contributed by atoms with Crippen molar-refractivity contribution in [3.8, 4) is 12.8 Å². The zero-order chi connectivity index (χ0) is 24.1. The number of hydrogen-bond donors (Lipinski definition) is 2. The summed E-state index contributed by atoms with van der Waals surface area (Å²) in [6.07, 6.45) is 25.2. The van der Waals surface area contributed by atoms with Crippen molar-refractivity contribution >= 4 is 0 Å². The maximum atomic E-state index is 10.2. The molecule has 4 aliphatic carbocycles. The molecule has 0 radical (unpaired) electrons. The normalized spacial score (nSPS) is 41.0. The molecule has 2 nitrogen and oxygen atoms in total. The Morgan fingerprint density at radius 2 is 1.69 bits per heavy atom. The molecule has 4 rings (SSSR count). The van der Waals surface area contributed by atoms with Gasteiger partial charge in [0.25, 0.3) is 0 Å². The van der Waals surface area contributed by atoms with Crippen LogP contribution in [0.2, 0.25) is 0 Å². The van der Waals surface area contributed by atoms with E-state index in [2.05, 4.69) is 53.5 Å². The molecule has 0 heterocycles. The lowest BCUT2D eigenvalue weighted by atomic mass is 9.47. The molecule has 3 unspecified atom stereocenters. The number of aliphatic hydroxyl groups is 2. The van der Waals surface area contributed by atoms with Gasteiger partial charge in [0.1, 0.15) is 0 Å². The van der Waals surface area contributed by atoms with Crippen LogP contribution in [0.3, 0.4) is 0 Å². The fourth-order valence-corrected chi connectivity index (χ4v) is 8.67. The highest BCUT2D eigenvalue weighted by Crippen LogP contribution is 2.67. The van der Waals surface area contributed by atoms with Gasteiger partial charge in [-0.25, -0.2) is 0 Å². The lowest BCUT2D eigenvalue weighted by molar-refractivity contribution is -0.0573. The Kier molecular flexibility index (Phi) is 9.93. The topological polar surface area (TPSA) is 40.5 Å². The van der Waals surface area contributed by atoms with Gasteiger partial charge in [0.2, 0.25) is 0 Å². The molecule has 188 valence electrons. The van der Waals surface area contributed by atoms with Crippen molar-refractivity contribution in [1.82, 2.24) is 0 Å². The van der Waals surface area contributed by atoms with Gasteiger partial charge in [-0.1, -0.05) is 65.5 Å². The SMILES string of the molecule is C#C.CC(C)CCC[C@@H](C)C1CCC2[C@@H]3CC=C4C[C@@H](O)CC[C@]4(C)C3CC[C@@]21C.CO.[HH].[HH]. The second-order valence-corrected chi connectivity index (χ2v) is 12.2. The number of rotatable bonds is 5. The number of fused-ring (bicyclic) bond motifs is 5. The highest BCUT2D eigenvalue weighted by molar-refractivity contribution is 5.25. The Morgan fingerprint density at radius 1 is 1.00 bits per heavy atom. The zero-order valence-electron chi connectivity index (χ0n) is 21.9. The monoisotopic (exact) mass is 448 g/mol. The van der Waals surface area contributed by atoms with Crippen molar-refractivity contribution < 1.29 is 13.1 Å². The first-order chi connectivity index (χ1) is 15.3. The van der Waals surface area contributed by atoms with Gasteiger partial charge in [0, 0.05) is 9.96 Å². The maximum Gasteiger partial charge on any atom is 0.0577 e. The van der Waals surface area contributed by atoms with Crippen LogP contribution in [0, 0.1) is 59.2 Å². The third-order valence-corrected chi connectivity index (χ3v) is 10.3. The largest absolute Gasteiger partial charge is 0.400 e. The van der Waals surface area contributed by atoms with E-state index in [0.717, 1.165) is 55.5 Å². The first-order valence-electron chi connectivity index (χ1n) is 13.4. The van der Waals surface area contributed by atoms with Gasteiger partial charge in [-0.05, 0) is 97.7 Å². The van der Waals surface area contributed by atoms with E-state index in [-0.39, 0.29) is 8.96 Å². The highest BCUT2D eigenvalue weighted by Gasteiger charge is 2.59. The first-order valence-corrected chi connectivity index (χ1v) is 13.4. The van der Waals surface area contributed by atoms with Gasteiger partial charge in [0.05, 0.1) is 6.10 Å². The molecular formula is C30H56O2. The van der Waals surface area contributed by atoms with E-state index in [1.165, 1.54) is 57.8 Å². The van der Waals surface area contributed by atoms with Crippen molar-refractivity contribution in [2.45, 2.75) is 111 Å². The van der Waals surface area contributed by atoms with Crippen LogP contribution in [0.1, 0.15) is 108 Å². The molecule has 0 aliphatic heterocycles. The van der Waals surface area contributed by atoms with Gasteiger partial charge in [-0.15, -0.1) is 12.8 Å². The van der Waals surface area contributed by atoms with E-state index >= 15 is 0 Å². The molecule has 4 aliphatic rings. The van der Waals surface area contributed by atoms with Crippen LogP contribution >= 0.6 is 0 Å². The Balaban J connectivity index is 0.00000173. The van der Waals surface area contributed by atoms with Crippen molar-refractivity contribution in [1.29, 1.82) is 0 Å². The molecule has 0 aromatic rings. The zero-order valence-corrected chi connectivity index (χ0v) is 21.9. The average molecular weight is 449 g/mol.